The molecule has 1 saturated heterocycles. The van der Waals surface area contributed by atoms with Gasteiger partial charge in [0.2, 0.25) is 5.91 Å². The Hall–Kier alpha value is -0.570. The van der Waals surface area contributed by atoms with Crippen LogP contribution in [0, 0.1) is 11.8 Å². The highest BCUT2D eigenvalue weighted by atomic mass is 16.3. The predicted molar refractivity (Wildman–Crippen MR) is 51.6 cm³/mol. The minimum atomic E-state index is -0.501. The van der Waals surface area contributed by atoms with Gasteiger partial charge in [-0.1, -0.05) is 6.42 Å². The molecule has 1 N–H and O–H groups in total. The largest absolute Gasteiger partial charge is 0.386 e. The van der Waals surface area contributed by atoms with E-state index in [1.807, 2.05) is 4.90 Å². The number of carbonyl (C=O) groups is 1. The Morgan fingerprint density at radius 2 is 1.86 bits per heavy atom. The van der Waals surface area contributed by atoms with Gasteiger partial charge in [0, 0.05) is 5.92 Å². The Labute approximate surface area is 84.1 Å². The molecule has 0 aromatic rings. The van der Waals surface area contributed by atoms with Gasteiger partial charge >= 0.3 is 0 Å². The molecule has 14 heavy (non-hydrogen) atoms. The van der Waals surface area contributed by atoms with Crippen molar-refractivity contribution in [3.8, 4) is 0 Å². The Morgan fingerprint density at radius 1 is 1.21 bits per heavy atom. The van der Waals surface area contributed by atoms with Crippen LogP contribution in [0.15, 0.2) is 0 Å². The lowest BCUT2D eigenvalue weighted by Gasteiger charge is -2.49. The first-order valence-electron chi connectivity index (χ1n) is 5.70. The van der Waals surface area contributed by atoms with Crippen molar-refractivity contribution in [1.82, 2.24) is 4.90 Å². The lowest BCUT2D eigenvalue weighted by Crippen LogP contribution is -2.65. The Morgan fingerprint density at radius 3 is 2.29 bits per heavy atom. The van der Waals surface area contributed by atoms with Crippen molar-refractivity contribution in [2.24, 2.45) is 11.8 Å². The van der Waals surface area contributed by atoms with Gasteiger partial charge in [-0.2, -0.15) is 0 Å². The van der Waals surface area contributed by atoms with Crippen molar-refractivity contribution in [2.45, 2.75) is 37.7 Å². The second-order valence-corrected chi connectivity index (χ2v) is 5.20. The number of likely N-dealkylation sites (tertiary alicyclic amines) is 1. The number of amides is 1. The molecule has 3 aliphatic rings. The van der Waals surface area contributed by atoms with Gasteiger partial charge in [0.05, 0.1) is 13.1 Å². The Kier molecular flexibility index (Phi) is 1.69. The van der Waals surface area contributed by atoms with E-state index >= 15 is 0 Å². The Bertz CT molecular complexity index is 262. The molecule has 2 aliphatic carbocycles. The van der Waals surface area contributed by atoms with Crippen molar-refractivity contribution in [3.05, 3.63) is 0 Å². The first-order valence-corrected chi connectivity index (χ1v) is 5.70. The van der Waals surface area contributed by atoms with E-state index in [1.165, 1.54) is 6.42 Å². The molecule has 1 heterocycles. The number of β-amino-alcohol motifs (C(OH)–C–C–N with tert-alkyl or cyclic N) is 1. The summed E-state index contributed by atoms with van der Waals surface area (Å²) in [5.41, 5.74) is -0.501. The maximum Gasteiger partial charge on any atom is 0.225 e. The van der Waals surface area contributed by atoms with Crippen LogP contribution in [0.5, 0.6) is 0 Å². The molecule has 0 atom stereocenters. The summed E-state index contributed by atoms with van der Waals surface area (Å²) >= 11 is 0. The van der Waals surface area contributed by atoms with Gasteiger partial charge in [-0.3, -0.25) is 4.79 Å². The molecule has 3 heteroatoms. The van der Waals surface area contributed by atoms with Gasteiger partial charge in [-0.15, -0.1) is 0 Å². The van der Waals surface area contributed by atoms with Gasteiger partial charge in [-0.05, 0) is 31.6 Å². The van der Waals surface area contributed by atoms with E-state index in [4.69, 9.17) is 0 Å². The third-order valence-electron chi connectivity index (χ3n) is 4.03. The third-order valence-corrected chi connectivity index (χ3v) is 4.03. The summed E-state index contributed by atoms with van der Waals surface area (Å²) in [6.45, 7) is 1.21. The topological polar surface area (TPSA) is 40.5 Å². The highest BCUT2D eigenvalue weighted by molar-refractivity contribution is 5.80. The lowest BCUT2D eigenvalue weighted by molar-refractivity contribution is -0.165. The van der Waals surface area contributed by atoms with Gasteiger partial charge in [-0.25, -0.2) is 0 Å². The first-order chi connectivity index (χ1) is 6.69. The zero-order chi connectivity index (χ0) is 9.76. The fourth-order valence-corrected chi connectivity index (χ4v) is 2.56. The highest BCUT2D eigenvalue weighted by Gasteiger charge is 2.54. The van der Waals surface area contributed by atoms with Crippen molar-refractivity contribution >= 4 is 5.91 Å². The number of nitrogens with zero attached hydrogens (tertiary/aromatic N) is 1. The zero-order valence-corrected chi connectivity index (χ0v) is 8.41. The standard InChI is InChI=1S/C11H17NO2/c13-10(8-2-1-3-8)12-6-11(14,7-12)9-4-5-9/h8-9,14H,1-7H2. The van der Waals surface area contributed by atoms with Crippen LogP contribution >= 0.6 is 0 Å². The van der Waals surface area contributed by atoms with Crippen LogP contribution in [0.1, 0.15) is 32.1 Å². The highest BCUT2D eigenvalue weighted by Crippen LogP contribution is 2.45. The molecule has 1 amide bonds. The molecule has 0 bridgehead atoms. The number of hydrogen-bond acceptors (Lipinski definition) is 2. The summed E-state index contributed by atoms with van der Waals surface area (Å²) in [6.07, 6.45) is 5.65. The molecule has 3 nitrogen and oxygen atoms in total. The van der Waals surface area contributed by atoms with E-state index in [0.717, 1.165) is 25.7 Å². The van der Waals surface area contributed by atoms with E-state index in [0.29, 0.717) is 30.8 Å². The quantitative estimate of drug-likeness (QED) is 0.707. The lowest BCUT2D eigenvalue weighted by atomic mass is 9.81. The smallest absolute Gasteiger partial charge is 0.225 e. The maximum atomic E-state index is 11.8. The summed E-state index contributed by atoms with van der Waals surface area (Å²) in [4.78, 5) is 13.6. The first kappa shape index (κ1) is 8.72. The third kappa shape index (κ3) is 1.18. The van der Waals surface area contributed by atoms with Crippen molar-refractivity contribution in [3.63, 3.8) is 0 Å². The maximum absolute atomic E-state index is 11.8. The molecule has 78 valence electrons. The van der Waals surface area contributed by atoms with Crippen LogP contribution < -0.4 is 0 Å². The van der Waals surface area contributed by atoms with Gasteiger partial charge in [0.15, 0.2) is 0 Å². The summed E-state index contributed by atoms with van der Waals surface area (Å²) in [7, 11) is 0. The van der Waals surface area contributed by atoms with Crippen LogP contribution in [0.3, 0.4) is 0 Å². The molecule has 0 spiro atoms. The molecular formula is C11H17NO2. The second-order valence-electron chi connectivity index (χ2n) is 5.20. The second kappa shape index (κ2) is 2.72. The molecule has 0 aromatic carbocycles. The van der Waals surface area contributed by atoms with E-state index in [2.05, 4.69) is 0 Å². The predicted octanol–water partition coefficient (Wildman–Crippen LogP) is 0.770. The average Bonchev–Trinajstić information content (AvgIpc) is 2.76. The van der Waals surface area contributed by atoms with Crippen LogP contribution in [0.2, 0.25) is 0 Å². The molecular weight excluding hydrogens is 178 g/mol. The number of carbonyl (C=O) groups excluding carboxylic acids is 1. The summed E-state index contributed by atoms with van der Waals surface area (Å²) in [5.74, 6) is 1.08. The molecule has 3 rings (SSSR count). The SMILES string of the molecule is O=C(C1CCC1)N1CC(O)(C2CC2)C1. The number of rotatable bonds is 2. The number of hydrogen-bond donors (Lipinski definition) is 1. The van der Waals surface area contributed by atoms with E-state index in [1.54, 1.807) is 0 Å². The fraction of sp³-hybridized carbons (Fsp3) is 0.909. The molecule has 3 fully saturated rings. The normalized spacial score (nSPS) is 30.8. The van der Waals surface area contributed by atoms with Gasteiger partial charge in [0.1, 0.15) is 5.60 Å². The van der Waals surface area contributed by atoms with E-state index < -0.39 is 5.60 Å². The van der Waals surface area contributed by atoms with Gasteiger partial charge < -0.3 is 10.0 Å². The van der Waals surface area contributed by atoms with Crippen LogP contribution in [0.25, 0.3) is 0 Å². The average molecular weight is 195 g/mol. The van der Waals surface area contributed by atoms with E-state index in [-0.39, 0.29) is 0 Å². The van der Waals surface area contributed by atoms with Crippen LogP contribution in [-0.4, -0.2) is 34.6 Å². The van der Waals surface area contributed by atoms with Crippen molar-refractivity contribution in [2.75, 3.05) is 13.1 Å². The summed E-state index contributed by atoms with van der Waals surface area (Å²) in [6, 6.07) is 0. The minimum Gasteiger partial charge on any atom is -0.386 e. The van der Waals surface area contributed by atoms with Gasteiger partial charge in [0.25, 0.3) is 0 Å². The fourth-order valence-electron chi connectivity index (χ4n) is 2.56. The summed E-state index contributed by atoms with van der Waals surface area (Å²) < 4.78 is 0. The van der Waals surface area contributed by atoms with E-state index in [9.17, 15) is 9.90 Å². The zero-order valence-electron chi connectivity index (χ0n) is 8.41. The molecule has 0 aromatic heterocycles. The molecule has 0 unspecified atom stereocenters. The molecule has 0 radical (unpaired) electrons. The monoisotopic (exact) mass is 195 g/mol. The molecule has 2 saturated carbocycles. The Balaban J connectivity index is 1.55. The number of aliphatic hydroxyl groups is 1. The van der Waals surface area contributed by atoms with Crippen LogP contribution in [-0.2, 0) is 4.79 Å². The van der Waals surface area contributed by atoms with Crippen molar-refractivity contribution in [1.29, 1.82) is 0 Å². The summed E-state index contributed by atoms with van der Waals surface area (Å²) in [5, 5.41) is 10.0. The molecule has 1 aliphatic heterocycles. The van der Waals surface area contributed by atoms with Crippen molar-refractivity contribution < 1.29 is 9.90 Å². The van der Waals surface area contributed by atoms with Crippen LogP contribution in [0.4, 0.5) is 0 Å². The minimum absolute atomic E-state index is 0.291.